The molecule has 3 aliphatic rings. The third-order valence-corrected chi connectivity index (χ3v) is 9.63. The largest absolute Gasteiger partial charge is 0.497 e. The number of thiazole rings is 1. The number of carbonyl (C=O) groups is 5. The minimum absolute atomic E-state index is 0.00173. The van der Waals surface area contributed by atoms with Gasteiger partial charge in [0.2, 0.25) is 11.6 Å². The number of rotatable bonds is 14. The minimum atomic E-state index is -0.455. The topological polar surface area (TPSA) is 150 Å². The molecule has 0 spiro atoms. The highest BCUT2D eigenvalue weighted by Gasteiger charge is 2.37. The van der Waals surface area contributed by atoms with E-state index in [1.165, 1.54) is 30.0 Å². The fourth-order valence-corrected chi connectivity index (χ4v) is 6.99. The molecule has 3 N–H and O–H groups in total. The van der Waals surface area contributed by atoms with Gasteiger partial charge >= 0.3 is 0 Å². The van der Waals surface area contributed by atoms with Gasteiger partial charge in [0.15, 0.2) is 16.6 Å². The molecule has 1 atom stereocenters. The van der Waals surface area contributed by atoms with Crippen molar-refractivity contribution in [2.45, 2.75) is 31.7 Å². The minimum Gasteiger partial charge on any atom is -0.497 e. The molecule has 236 valence electrons. The maximum atomic E-state index is 13.0. The van der Waals surface area contributed by atoms with Gasteiger partial charge in [-0.25, -0.2) is 10.4 Å². The molecule has 1 aliphatic heterocycles. The number of hydrogen-bond acceptors (Lipinski definition) is 13. The van der Waals surface area contributed by atoms with E-state index in [1.807, 2.05) is 26.1 Å². The van der Waals surface area contributed by atoms with Crippen molar-refractivity contribution in [2.75, 3.05) is 40.3 Å². The van der Waals surface area contributed by atoms with Crippen LogP contribution in [0.4, 0.5) is 0 Å². The first-order valence-electron chi connectivity index (χ1n) is 14.5. The SMILES string of the molecule is COc1ccc(CNC(=O)c2nc3c(s2)C(=O)C=C(NCCCN(C)CCCNN2C4=C(SC2C)C(=O)C=CC4=O)C3=O)cc1. The molecule has 12 nitrogen and oxygen atoms in total. The Hall–Kier alpha value is -4.11. The third-order valence-electron chi connectivity index (χ3n) is 7.37. The maximum absolute atomic E-state index is 13.0. The molecule has 2 aromatic rings. The highest BCUT2D eigenvalue weighted by molar-refractivity contribution is 8.04. The number of ketones is 4. The Labute approximate surface area is 268 Å². The Kier molecular flexibility index (Phi) is 10.3. The van der Waals surface area contributed by atoms with Crippen LogP contribution >= 0.6 is 23.1 Å². The van der Waals surface area contributed by atoms with Crippen LogP contribution in [-0.2, 0) is 16.1 Å². The second-order valence-electron chi connectivity index (χ2n) is 10.7. The van der Waals surface area contributed by atoms with Crippen molar-refractivity contribution in [3.8, 4) is 5.75 Å². The Bertz CT molecular complexity index is 1610. The van der Waals surface area contributed by atoms with Gasteiger partial charge in [-0.2, -0.15) is 0 Å². The highest BCUT2D eigenvalue weighted by Crippen LogP contribution is 2.39. The first-order chi connectivity index (χ1) is 21.7. The van der Waals surface area contributed by atoms with Crippen molar-refractivity contribution in [1.82, 2.24) is 31.0 Å². The lowest BCUT2D eigenvalue weighted by Gasteiger charge is -2.27. The number of thioether (sulfide) groups is 1. The molecule has 1 amide bonds. The smallest absolute Gasteiger partial charge is 0.280 e. The van der Waals surface area contributed by atoms with Gasteiger partial charge in [0.25, 0.3) is 5.91 Å². The van der Waals surface area contributed by atoms with E-state index in [4.69, 9.17) is 4.74 Å². The molecular formula is C31H34N6O6S2. The standard InChI is InChI=1S/C31H34N6O6S2/c1-18-37(26-22(38)10-11-23(39)29(26)44-18)34-13-5-15-36(2)14-4-12-32-21-16-24(40)28-25(27(21)41)35-31(45-28)30(42)33-17-19-6-8-20(43-3)9-7-19/h6-11,16,18,32,34H,4-5,12-15,17H2,1-3H3,(H,33,42). The number of nitrogens with zero attached hydrogens (tertiary/aromatic N) is 3. The molecule has 2 aliphatic carbocycles. The van der Waals surface area contributed by atoms with Gasteiger partial charge in [-0.05, 0) is 69.8 Å². The summed E-state index contributed by atoms with van der Waals surface area (Å²) < 4.78 is 5.14. The molecule has 45 heavy (non-hydrogen) atoms. The summed E-state index contributed by atoms with van der Waals surface area (Å²) in [5, 5.41) is 7.63. The van der Waals surface area contributed by atoms with Crippen LogP contribution in [0.5, 0.6) is 5.75 Å². The Morgan fingerprint density at radius 2 is 1.73 bits per heavy atom. The molecule has 0 saturated carbocycles. The van der Waals surface area contributed by atoms with E-state index in [-0.39, 0.29) is 50.5 Å². The summed E-state index contributed by atoms with van der Waals surface area (Å²) in [4.78, 5) is 69.9. The number of ether oxygens (including phenoxy) is 1. The average Bonchev–Trinajstić information content (AvgIpc) is 3.64. The van der Waals surface area contributed by atoms with Crippen LogP contribution in [0.3, 0.4) is 0 Å². The van der Waals surface area contributed by atoms with Crippen molar-refractivity contribution in [2.24, 2.45) is 0 Å². The van der Waals surface area contributed by atoms with Gasteiger partial charge in [-0.1, -0.05) is 23.9 Å². The normalized spacial score (nSPS) is 17.6. The quantitative estimate of drug-likeness (QED) is 0.204. The number of nitrogens with one attached hydrogen (secondary N) is 3. The molecule has 14 heteroatoms. The van der Waals surface area contributed by atoms with Crippen LogP contribution in [-0.4, -0.2) is 89.6 Å². The van der Waals surface area contributed by atoms with E-state index >= 15 is 0 Å². The summed E-state index contributed by atoms with van der Waals surface area (Å²) in [5.74, 6) is -0.796. The van der Waals surface area contributed by atoms with Gasteiger partial charge in [-0.15, -0.1) is 11.3 Å². The van der Waals surface area contributed by atoms with E-state index in [1.54, 1.807) is 24.3 Å². The number of carbonyl (C=O) groups excluding carboxylic acids is 5. The number of Topliss-reactive ketones (excluding diaryl/α,β-unsaturated/α-hetero) is 1. The number of benzene rings is 1. The van der Waals surface area contributed by atoms with Gasteiger partial charge in [-0.3, -0.25) is 29.0 Å². The molecule has 1 unspecified atom stereocenters. The van der Waals surface area contributed by atoms with Gasteiger partial charge in [0.1, 0.15) is 22.0 Å². The highest BCUT2D eigenvalue weighted by atomic mass is 32.2. The summed E-state index contributed by atoms with van der Waals surface area (Å²) in [7, 11) is 3.58. The lowest BCUT2D eigenvalue weighted by atomic mass is 10.0. The van der Waals surface area contributed by atoms with Crippen LogP contribution < -0.4 is 20.8 Å². The van der Waals surface area contributed by atoms with Crippen LogP contribution in [0.1, 0.15) is 55.3 Å². The number of hydrogen-bond donors (Lipinski definition) is 3. The van der Waals surface area contributed by atoms with Gasteiger partial charge < -0.3 is 20.3 Å². The predicted octanol–water partition coefficient (Wildman–Crippen LogP) is 2.47. The zero-order chi connectivity index (χ0) is 32.1. The summed E-state index contributed by atoms with van der Waals surface area (Å²) in [6, 6.07) is 7.26. The molecule has 2 heterocycles. The summed E-state index contributed by atoms with van der Waals surface area (Å²) in [6.07, 6.45) is 5.47. The molecule has 1 aromatic carbocycles. The predicted molar refractivity (Wildman–Crippen MR) is 171 cm³/mol. The lowest BCUT2D eigenvalue weighted by molar-refractivity contribution is -0.116. The summed E-state index contributed by atoms with van der Waals surface area (Å²) in [6.45, 7) is 4.88. The van der Waals surface area contributed by atoms with E-state index in [0.29, 0.717) is 29.4 Å². The average molecular weight is 651 g/mol. The number of aromatic nitrogens is 1. The molecular weight excluding hydrogens is 617 g/mol. The van der Waals surface area contributed by atoms with Crippen molar-refractivity contribution in [3.63, 3.8) is 0 Å². The molecule has 0 saturated heterocycles. The third kappa shape index (κ3) is 7.41. The number of hydrazine groups is 1. The van der Waals surface area contributed by atoms with E-state index in [9.17, 15) is 24.0 Å². The molecule has 0 radical (unpaired) electrons. The van der Waals surface area contributed by atoms with Gasteiger partial charge in [0.05, 0.1) is 23.1 Å². The molecule has 0 fully saturated rings. The van der Waals surface area contributed by atoms with Crippen molar-refractivity contribution in [1.29, 1.82) is 0 Å². The lowest BCUT2D eigenvalue weighted by Crippen LogP contribution is -2.43. The van der Waals surface area contributed by atoms with Crippen LogP contribution in [0, 0.1) is 0 Å². The fourth-order valence-electron chi connectivity index (χ4n) is 4.98. The van der Waals surface area contributed by atoms with Crippen LogP contribution in [0.25, 0.3) is 0 Å². The molecule has 1 aromatic heterocycles. The van der Waals surface area contributed by atoms with Crippen molar-refractivity contribution in [3.05, 3.63) is 79.9 Å². The first-order valence-corrected chi connectivity index (χ1v) is 16.2. The van der Waals surface area contributed by atoms with Crippen molar-refractivity contribution >= 4 is 52.1 Å². The Balaban J connectivity index is 1.02. The first kappa shape index (κ1) is 32.3. The number of methoxy groups -OCH3 is 1. The Morgan fingerprint density at radius 3 is 2.47 bits per heavy atom. The molecule has 5 rings (SSSR count). The summed E-state index contributed by atoms with van der Waals surface area (Å²) >= 11 is 2.30. The zero-order valence-electron chi connectivity index (χ0n) is 25.2. The Morgan fingerprint density at radius 1 is 1.02 bits per heavy atom. The van der Waals surface area contributed by atoms with E-state index in [0.717, 1.165) is 42.8 Å². The summed E-state index contributed by atoms with van der Waals surface area (Å²) in [5.41, 5.74) is 4.76. The van der Waals surface area contributed by atoms with E-state index < -0.39 is 11.7 Å². The second-order valence-corrected chi connectivity index (χ2v) is 13.0. The van der Waals surface area contributed by atoms with E-state index in [2.05, 4.69) is 25.9 Å². The number of amides is 1. The maximum Gasteiger partial charge on any atom is 0.280 e. The number of allylic oxidation sites excluding steroid dienone is 5. The van der Waals surface area contributed by atoms with Gasteiger partial charge in [0, 0.05) is 25.7 Å². The second kappa shape index (κ2) is 14.3. The van der Waals surface area contributed by atoms with Crippen LogP contribution in [0.2, 0.25) is 0 Å². The number of fused-ring (bicyclic) bond motifs is 1. The van der Waals surface area contributed by atoms with Crippen LogP contribution in [0.15, 0.2) is 58.8 Å². The fraction of sp³-hybridized carbons (Fsp3) is 0.355. The molecule has 0 bridgehead atoms. The monoisotopic (exact) mass is 650 g/mol. The zero-order valence-corrected chi connectivity index (χ0v) is 26.8. The van der Waals surface area contributed by atoms with Crippen molar-refractivity contribution < 1.29 is 28.7 Å².